The summed E-state index contributed by atoms with van der Waals surface area (Å²) in [5.74, 6) is 0.550. The van der Waals surface area contributed by atoms with Gasteiger partial charge in [-0.05, 0) is 31.2 Å². The number of rotatable bonds is 8. The van der Waals surface area contributed by atoms with E-state index in [-0.39, 0.29) is 31.4 Å². The molecule has 0 saturated carbocycles. The smallest absolute Gasteiger partial charge is 0.307 e. The van der Waals surface area contributed by atoms with E-state index in [2.05, 4.69) is 5.32 Å². The summed E-state index contributed by atoms with van der Waals surface area (Å²) in [6, 6.07) is 11.6. The van der Waals surface area contributed by atoms with Crippen LogP contribution in [0.15, 0.2) is 52.0 Å². The second-order valence-electron chi connectivity index (χ2n) is 4.93. The van der Waals surface area contributed by atoms with Crippen molar-refractivity contribution in [2.45, 2.75) is 24.8 Å². The van der Waals surface area contributed by atoms with E-state index < -0.39 is 0 Å². The van der Waals surface area contributed by atoms with Gasteiger partial charge in [0.1, 0.15) is 5.76 Å². The molecule has 2 aromatic rings. The summed E-state index contributed by atoms with van der Waals surface area (Å²) in [6.45, 7) is 2.05. The molecule has 23 heavy (non-hydrogen) atoms. The number of amides is 1. The molecule has 2 rings (SSSR count). The molecule has 0 fully saturated rings. The van der Waals surface area contributed by atoms with Gasteiger partial charge in [-0.1, -0.05) is 17.7 Å². The van der Waals surface area contributed by atoms with Crippen LogP contribution in [0.2, 0.25) is 0 Å². The molecule has 1 heterocycles. The lowest BCUT2D eigenvalue weighted by Gasteiger charge is -2.06. The first-order valence-electron chi connectivity index (χ1n) is 7.27. The highest BCUT2D eigenvalue weighted by atomic mass is 32.2. The van der Waals surface area contributed by atoms with Crippen LogP contribution < -0.4 is 5.32 Å². The summed E-state index contributed by atoms with van der Waals surface area (Å²) in [6.07, 6.45) is 1.80. The van der Waals surface area contributed by atoms with Crippen LogP contribution in [0.25, 0.3) is 0 Å². The van der Waals surface area contributed by atoms with Gasteiger partial charge in [0.25, 0.3) is 5.91 Å². The minimum atomic E-state index is -0.377. The average molecular weight is 333 g/mol. The normalized spacial score (nSPS) is 10.3. The quantitative estimate of drug-likeness (QED) is 0.594. The topological polar surface area (TPSA) is 68.5 Å². The number of nitrogens with one attached hydrogen (secondary N) is 1. The maximum absolute atomic E-state index is 11.6. The lowest BCUT2D eigenvalue weighted by molar-refractivity contribution is -0.148. The fraction of sp³-hybridized carbons (Fsp3) is 0.294. The SMILES string of the molecule is Cc1ccc(SCCC(=O)OCC(=O)NCc2ccco2)cc1. The van der Waals surface area contributed by atoms with Crippen LogP contribution in [0.3, 0.4) is 0 Å². The number of carbonyl (C=O) groups is 2. The lowest BCUT2D eigenvalue weighted by atomic mass is 10.2. The summed E-state index contributed by atoms with van der Waals surface area (Å²) in [4.78, 5) is 24.2. The van der Waals surface area contributed by atoms with E-state index in [1.54, 1.807) is 23.9 Å². The molecule has 0 atom stereocenters. The fourth-order valence-corrected chi connectivity index (χ4v) is 2.59. The predicted octanol–water partition coefficient (Wildman–Crippen LogP) is 2.93. The second-order valence-corrected chi connectivity index (χ2v) is 6.10. The Labute approximate surface area is 139 Å². The van der Waals surface area contributed by atoms with Gasteiger partial charge in [0.05, 0.1) is 19.2 Å². The molecule has 0 saturated heterocycles. The number of hydrogen-bond acceptors (Lipinski definition) is 5. The Balaban J connectivity index is 1.57. The molecule has 0 spiro atoms. The number of carbonyl (C=O) groups excluding carboxylic acids is 2. The number of hydrogen-bond donors (Lipinski definition) is 1. The van der Waals surface area contributed by atoms with E-state index in [1.807, 2.05) is 31.2 Å². The predicted molar refractivity (Wildman–Crippen MR) is 88.0 cm³/mol. The van der Waals surface area contributed by atoms with Gasteiger partial charge in [-0.2, -0.15) is 0 Å². The van der Waals surface area contributed by atoms with Gasteiger partial charge in [0.15, 0.2) is 6.61 Å². The summed E-state index contributed by atoms with van der Waals surface area (Å²) in [7, 11) is 0. The molecule has 0 unspecified atom stereocenters. The third kappa shape index (κ3) is 6.61. The van der Waals surface area contributed by atoms with Crippen LogP contribution >= 0.6 is 11.8 Å². The molecule has 0 aliphatic heterocycles. The van der Waals surface area contributed by atoms with Crippen molar-refractivity contribution in [3.8, 4) is 0 Å². The van der Waals surface area contributed by atoms with Crippen molar-refractivity contribution < 1.29 is 18.7 Å². The summed E-state index contributed by atoms with van der Waals surface area (Å²) in [5, 5.41) is 2.61. The lowest BCUT2D eigenvalue weighted by Crippen LogP contribution is -2.28. The summed E-state index contributed by atoms with van der Waals surface area (Å²) < 4.78 is 10.0. The monoisotopic (exact) mass is 333 g/mol. The second kappa shape index (κ2) is 9.05. The van der Waals surface area contributed by atoms with Gasteiger partial charge in [-0.25, -0.2) is 0 Å². The Hall–Kier alpha value is -2.21. The summed E-state index contributed by atoms with van der Waals surface area (Å²) in [5.41, 5.74) is 1.20. The molecular weight excluding hydrogens is 314 g/mol. The van der Waals surface area contributed by atoms with Gasteiger partial charge in [-0.15, -0.1) is 11.8 Å². The van der Waals surface area contributed by atoms with Gasteiger partial charge < -0.3 is 14.5 Å². The highest BCUT2D eigenvalue weighted by molar-refractivity contribution is 7.99. The number of aryl methyl sites for hydroxylation is 1. The highest BCUT2D eigenvalue weighted by Gasteiger charge is 2.08. The van der Waals surface area contributed by atoms with Gasteiger partial charge in [0.2, 0.25) is 0 Å². The van der Waals surface area contributed by atoms with Gasteiger partial charge >= 0.3 is 5.97 Å². The van der Waals surface area contributed by atoms with E-state index in [0.29, 0.717) is 11.5 Å². The van der Waals surface area contributed by atoms with Gasteiger partial charge in [0, 0.05) is 10.6 Å². The summed E-state index contributed by atoms with van der Waals surface area (Å²) >= 11 is 1.59. The van der Waals surface area contributed by atoms with Crippen molar-refractivity contribution in [3.05, 3.63) is 54.0 Å². The van der Waals surface area contributed by atoms with E-state index >= 15 is 0 Å². The molecule has 1 amide bonds. The Bertz CT molecular complexity index is 623. The Morgan fingerprint density at radius 3 is 2.70 bits per heavy atom. The Kier molecular flexibility index (Phi) is 6.75. The molecule has 0 aliphatic rings. The molecule has 5 nitrogen and oxygen atoms in total. The largest absolute Gasteiger partial charge is 0.467 e. The number of furan rings is 1. The number of benzene rings is 1. The standard InChI is InChI=1S/C17H19NO4S/c1-13-4-6-15(7-5-13)23-10-8-17(20)22-12-16(19)18-11-14-3-2-9-21-14/h2-7,9H,8,10-12H2,1H3,(H,18,19). The number of esters is 1. The molecule has 1 N–H and O–H groups in total. The van der Waals surface area contributed by atoms with Gasteiger partial charge in [-0.3, -0.25) is 9.59 Å². The average Bonchev–Trinajstić information content (AvgIpc) is 3.06. The van der Waals surface area contributed by atoms with Crippen LogP contribution in [-0.4, -0.2) is 24.2 Å². The fourth-order valence-electron chi connectivity index (χ4n) is 1.75. The minimum absolute atomic E-state index is 0.268. The third-order valence-corrected chi connectivity index (χ3v) is 4.01. The zero-order valence-electron chi connectivity index (χ0n) is 12.9. The molecule has 0 aliphatic carbocycles. The highest BCUT2D eigenvalue weighted by Crippen LogP contribution is 2.19. The Morgan fingerprint density at radius 2 is 2.00 bits per heavy atom. The van der Waals surface area contributed by atoms with Crippen LogP contribution in [0.5, 0.6) is 0 Å². The van der Waals surface area contributed by atoms with E-state index in [0.717, 1.165) is 4.90 Å². The number of ether oxygens (including phenoxy) is 1. The van der Waals surface area contributed by atoms with Crippen LogP contribution in [-0.2, 0) is 20.9 Å². The van der Waals surface area contributed by atoms with E-state index in [1.165, 1.54) is 11.8 Å². The van der Waals surface area contributed by atoms with Crippen LogP contribution in [0.1, 0.15) is 17.7 Å². The van der Waals surface area contributed by atoms with Crippen molar-refractivity contribution >= 4 is 23.6 Å². The molecular formula is C17H19NO4S. The van der Waals surface area contributed by atoms with Crippen LogP contribution in [0.4, 0.5) is 0 Å². The first kappa shape index (κ1) is 17.1. The van der Waals surface area contributed by atoms with Crippen molar-refractivity contribution in [1.29, 1.82) is 0 Å². The number of thioether (sulfide) groups is 1. The minimum Gasteiger partial charge on any atom is -0.467 e. The van der Waals surface area contributed by atoms with Crippen molar-refractivity contribution in [2.24, 2.45) is 0 Å². The maximum Gasteiger partial charge on any atom is 0.307 e. The van der Waals surface area contributed by atoms with Crippen molar-refractivity contribution in [1.82, 2.24) is 5.32 Å². The molecule has 6 heteroatoms. The first-order valence-corrected chi connectivity index (χ1v) is 8.26. The van der Waals surface area contributed by atoms with E-state index in [4.69, 9.17) is 9.15 Å². The molecule has 122 valence electrons. The molecule has 1 aromatic heterocycles. The Morgan fingerprint density at radius 1 is 1.22 bits per heavy atom. The van der Waals surface area contributed by atoms with Crippen molar-refractivity contribution in [2.75, 3.05) is 12.4 Å². The third-order valence-electron chi connectivity index (χ3n) is 3.00. The van der Waals surface area contributed by atoms with Crippen LogP contribution in [0, 0.1) is 6.92 Å². The first-order chi connectivity index (χ1) is 11.1. The van der Waals surface area contributed by atoms with E-state index in [9.17, 15) is 9.59 Å². The molecule has 0 bridgehead atoms. The molecule has 0 radical (unpaired) electrons. The van der Waals surface area contributed by atoms with Crippen molar-refractivity contribution in [3.63, 3.8) is 0 Å². The zero-order valence-corrected chi connectivity index (χ0v) is 13.7. The molecule has 1 aromatic carbocycles. The maximum atomic E-state index is 11.6. The zero-order chi connectivity index (χ0) is 16.5.